The number of aliphatic carboxylic acids is 1. The average Bonchev–Trinajstić information content (AvgIpc) is 2.15. The van der Waals surface area contributed by atoms with Gasteiger partial charge in [-0.25, -0.2) is 4.79 Å². The number of carboxylic acid groups (broad SMARTS) is 1. The molecule has 0 radical (unpaired) electrons. The molecule has 0 unspecified atom stereocenters. The highest BCUT2D eigenvalue weighted by Gasteiger charge is 2.13. The van der Waals surface area contributed by atoms with Crippen molar-refractivity contribution in [2.24, 2.45) is 0 Å². The van der Waals surface area contributed by atoms with Gasteiger partial charge in [0.1, 0.15) is 5.57 Å². The number of hydrogen-bond acceptors (Lipinski definition) is 2. The molecule has 3 nitrogen and oxygen atoms in total. The SMILES string of the molecule is CC(=O)C(=Cc1ccc(Cl)cc1Cl)C(=O)O. The molecule has 1 aromatic rings. The van der Waals surface area contributed by atoms with Gasteiger partial charge in [0.15, 0.2) is 5.78 Å². The average molecular weight is 259 g/mol. The number of Topliss-reactive ketones (excluding diaryl/α,β-unsaturated/α-hetero) is 1. The van der Waals surface area contributed by atoms with E-state index in [0.717, 1.165) is 0 Å². The van der Waals surface area contributed by atoms with Gasteiger partial charge in [-0.3, -0.25) is 4.79 Å². The number of carboxylic acids is 1. The largest absolute Gasteiger partial charge is 0.478 e. The topological polar surface area (TPSA) is 54.4 Å². The van der Waals surface area contributed by atoms with Crippen LogP contribution in [0.15, 0.2) is 23.8 Å². The molecule has 1 aromatic carbocycles. The van der Waals surface area contributed by atoms with Gasteiger partial charge in [0.25, 0.3) is 0 Å². The number of carbonyl (C=O) groups is 2. The van der Waals surface area contributed by atoms with Gasteiger partial charge in [0.2, 0.25) is 0 Å². The van der Waals surface area contributed by atoms with Crippen LogP contribution in [0.4, 0.5) is 0 Å². The molecule has 0 fully saturated rings. The number of halogens is 2. The van der Waals surface area contributed by atoms with Crippen LogP contribution in [0, 0.1) is 0 Å². The molecule has 0 saturated heterocycles. The van der Waals surface area contributed by atoms with E-state index in [2.05, 4.69) is 0 Å². The van der Waals surface area contributed by atoms with Crippen molar-refractivity contribution in [3.63, 3.8) is 0 Å². The molecule has 0 spiro atoms. The van der Waals surface area contributed by atoms with Gasteiger partial charge in [0, 0.05) is 10.0 Å². The number of benzene rings is 1. The van der Waals surface area contributed by atoms with Gasteiger partial charge in [0.05, 0.1) is 0 Å². The van der Waals surface area contributed by atoms with Crippen molar-refractivity contribution in [3.8, 4) is 0 Å². The van der Waals surface area contributed by atoms with Crippen LogP contribution in [0.3, 0.4) is 0 Å². The minimum atomic E-state index is -1.28. The zero-order valence-corrected chi connectivity index (χ0v) is 9.84. The lowest BCUT2D eigenvalue weighted by Crippen LogP contribution is -2.08. The van der Waals surface area contributed by atoms with E-state index in [9.17, 15) is 9.59 Å². The maximum absolute atomic E-state index is 11.0. The van der Waals surface area contributed by atoms with E-state index in [1.165, 1.54) is 19.1 Å². The van der Waals surface area contributed by atoms with Gasteiger partial charge < -0.3 is 5.11 Å². The van der Waals surface area contributed by atoms with Crippen molar-refractivity contribution >= 4 is 41.0 Å². The van der Waals surface area contributed by atoms with Crippen LogP contribution < -0.4 is 0 Å². The van der Waals surface area contributed by atoms with Crippen LogP contribution in [0.1, 0.15) is 12.5 Å². The standard InChI is InChI=1S/C11H8Cl2O3/c1-6(14)9(11(15)16)4-7-2-3-8(12)5-10(7)13/h2-5H,1H3,(H,15,16). The fourth-order valence-electron chi connectivity index (χ4n) is 1.09. The van der Waals surface area contributed by atoms with Crippen molar-refractivity contribution in [3.05, 3.63) is 39.4 Å². The summed E-state index contributed by atoms with van der Waals surface area (Å²) in [5.74, 6) is -1.81. The number of carbonyl (C=O) groups excluding carboxylic acids is 1. The summed E-state index contributed by atoms with van der Waals surface area (Å²) in [5, 5.41) is 9.54. The second kappa shape index (κ2) is 5.14. The van der Waals surface area contributed by atoms with Crippen LogP contribution in [0.25, 0.3) is 6.08 Å². The fourth-order valence-corrected chi connectivity index (χ4v) is 1.55. The normalized spacial score (nSPS) is 11.3. The Hall–Kier alpha value is -1.32. The Kier molecular flexibility index (Phi) is 4.10. The Balaban J connectivity index is 3.23. The Morgan fingerprint density at radius 2 is 1.94 bits per heavy atom. The van der Waals surface area contributed by atoms with E-state index in [1.807, 2.05) is 0 Å². The van der Waals surface area contributed by atoms with E-state index < -0.39 is 11.8 Å². The molecular formula is C11H8Cl2O3. The van der Waals surface area contributed by atoms with E-state index in [1.54, 1.807) is 12.1 Å². The predicted molar refractivity (Wildman–Crippen MR) is 62.8 cm³/mol. The minimum absolute atomic E-state index is 0.299. The molecule has 0 aliphatic carbocycles. The third kappa shape index (κ3) is 3.08. The molecule has 0 bridgehead atoms. The monoisotopic (exact) mass is 258 g/mol. The smallest absolute Gasteiger partial charge is 0.339 e. The van der Waals surface area contributed by atoms with E-state index >= 15 is 0 Å². The van der Waals surface area contributed by atoms with Crippen molar-refractivity contribution in [2.75, 3.05) is 0 Å². The van der Waals surface area contributed by atoms with Crippen molar-refractivity contribution in [1.82, 2.24) is 0 Å². The molecule has 84 valence electrons. The molecule has 0 heterocycles. The summed E-state index contributed by atoms with van der Waals surface area (Å²) < 4.78 is 0. The molecular weight excluding hydrogens is 251 g/mol. The maximum Gasteiger partial charge on any atom is 0.339 e. The first-order valence-corrected chi connectivity index (χ1v) is 5.08. The summed E-state index contributed by atoms with van der Waals surface area (Å²) >= 11 is 11.5. The lowest BCUT2D eigenvalue weighted by atomic mass is 10.1. The Morgan fingerprint density at radius 1 is 1.31 bits per heavy atom. The van der Waals surface area contributed by atoms with Crippen LogP contribution in [-0.2, 0) is 9.59 Å². The second-order valence-electron chi connectivity index (χ2n) is 3.09. The lowest BCUT2D eigenvalue weighted by Gasteiger charge is -2.01. The molecule has 5 heteroatoms. The highest BCUT2D eigenvalue weighted by atomic mass is 35.5. The van der Waals surface area contributed by atoms with E-state index in [0.29, 0.717) is 15.6 Å². The van der Waals surface area contributed by atoms with Crippen LogP contribution in [-0.4, -0.2) is 16.9 Å². The van der Waals surface area contributed by atoms with Crippen LogP contribution >= 0.6 is 23.2 Å². The number of hydrogen-bond donors (Lipinski definition) is 1. The van der Waals surface area contributed by atoms with Gasteiger partial charge in [-0.2, -0.15) is 0 Å². The zero-order valence-electron chi connectivity index (χ0n) is 8.33. The Morgan fingerprint density at radius 3 is 2.38 bits per heavy atom. The summed E-state index contributed by atoms with van der Waals surface area (Å²) in [6.07, 6.45) is 1.23. The van der Waals surface area contributed by atoms with Gasteiger partial charge in [-0.05, 0) is 30.7 Å². The van der Waals surface area contributed by atoms with Crippen molar-refractivity contribution < 1.29 is 14.7 Å². The minimum Gasteiger partial charge on any atom is -0.478 e. The summed E-state index contributed by atoms with van der Waals surface area (Å²) in [6.45, 7) is 1.18. The zero-order chi connectivity index (χ0) is 12.3. The molecule has 1 N–H and O–H groups in total. The quantitative estimate of drug-likeness (QED) is 0.515. The third-order valence-corrected chi connectivity index (χ3v) is 2.43. The summed E-state index contributed by atoms with van der Waals surface area (Å²) in [4.78, 5) is 21.8. The van der Waals surface area contributed by atoms with Gasteiger partial charge >= 0.3 is 5.97 Å². The summed E-state index contributed by atoms with van der Waals surface area (Å²) in [7, 11) is 0. The predicted octanol–water partition coefficient (Wildman–Crippen LogP) is 3.05. The van der Waals surface area contributed by atoms with E-state index in [-0.39, 0.29) is 5.57 Å². The molecule has 0 aromatic heterocycles. The lowest BCUT2D eigenvalue weighted by molar-refractivity contribution is -0.134. The van der Waals surface area contributed by atoms with Crippen molar-refractivity contribution in [1.29, 1.82) is 0 Å². The maximum atomic E-state index is 11.0. The molecule has 0 amide bonds. The van der Waals surface area contributed by atoms with Crippen LogP contribution in [0.5, 0.6) is 0 Å². The molecule has 0 saturated carbocycles. The highest BCUT2D eigenvalue weighted by Crippen LogP contribution is 2.23. The number of ketones is 1. The second-order valence-corrected chi connectivity index (χ2v) is 3.93. The van der Waals surface area contributed by atoms with Crippen LogP contribution in [0.2, 0.25) is 10.0 Å². The molecule has 1 rings (SSSR count). The molecule has 0 atom stereocenters. The summed E-state index contributed by atoms with van der Waals surface area (Å²) in [5.41, 5.74) is 0.128. The first-order valence-electron chi connectivity index (χ1n) is 4.33. The Bertz CT molecular complexity index is 462. The van der Waals surface area contributed by atoms with Gasteiger partial charge in [-0.1, -0.05) is 29.3 Å². The number of rotatable bonds is 3. The fraction of sp³-hybridized carbons (Fsp3) is 0.0909. The highest BCUT2D eigenvalue weighted by molar-refractivity contribution is 6.35. The van der Waals surface area contributed by atoms with Crippen molar-refractivity contribution in [2.45, 2.75) is 6.92 Å². The third-order valence-electron chi connectivity index (χ3n) is 1.87. The molecule has 0 aliphatic rings. The first kappa shape index (κ1) is 12.7. The Labute approximate surface area is 102 Å². The first-order chi connectivity index (χ1) is 7.41. The van der Waals surface area contributed by atoms with Gasteiger partial charge in [-0.15, -0.1) is 0 Å². The molecule has 16 heavy (non-hydrogen) atoms. The van der Waals surface area contributed by atoms with E-state index in [4.69, 9.17) is 28.3 Å². The summed E-state index contributed by atoms with van der Waals surface area (Å²) in [6, 6.07) is 4.60. The molecule has 0 aliphatic heterocycles.